The second kappa shape index (κ2) is 8.97. The molecule has 2 aromatic carbocycles. The largest absolute Gasteiger partial charge is 0.494 e. The first-order valence-corrected chi connectivity index (χ1v) is 9.34. The van der Waals surface area contributed by atoms with Crippen molar-refractivity contribution in [2.45, 2.75) is 13.3 Å². The van der Waals surface area contributed by atoms with E-state index >= 15 is 0 Å². The number of thiazole rings is 1. The lowest BCUT2D eigenvalue weighted by atomic mass is 10.1. The van der Waals surface area contributed by atoms with E-state index in [1.165, 1.54) is 11.3 Å². The Kier molecular flexibility index (Phi) is 6.17. The number of allylic oxidation sites excluding steroid dienone is 1. The molecule has 4 nitrogen and oxygen atoms in total. The van der Waals surface area contributed by atoms with Gasteiger partial charge >= 0.3 is 0 Å². The van der Waals surface area contributed by atoms with E-state index < -0.39 is 0 Å². The van der Waals surface area contributed by atoms with Gasteiger partial charge in [-0.3, -0.25) is 5.43 Å². The summed E-state index contributed by atoms with van der Waals surface area (Å²) in [6.07, 6.45) is 4.42. The van der Waals surface area contributed by atoms with E-state index in [-0.39, 0.29) is 0 Å². The smallest absolute Gasteiger partial charge is 0.203 e. The summed E-state index contributed by atoms with van der Waals surface area (Å²) < 4.78 is 5.65. The number of anilines is 1. The summed E-state index contributed by atoms with van der Waals surface area (Å²) in [4.78, 5) is 4.56. The Morgan fingerprint density at radius 1 is 1.23 bits per heavy atom. The van der Waals surface area contributed by atoms with Crippen LogP contribution in [0.2, 0.25) is 0 Å². The van der Waals surface area contributed by atoms with Crippen LogP contribution >= 0.6 is 11.3 Å². The van der Waals surface area contributed by atoms with Gasteiger partial charge in [-0.15, -0.1) is 17.9 Å². The van der Waals surface area contributed by atoms with Crippen LogP contribution in [0.3, 0.4) is 0 Å². The SMILES string of the molecule is C=CCc1cc(C=NNc2nc(-c3ccccc3)cs2)ccc1OCC. The van der Waals surface area contributed by atoms with Gasteiger partial charge in [-0.1, -0.05) is 36.4 Å². The number of hydrogen-bond donors (Lipinski definition) is 1. The van der Waals surface area contributed by atoms with Crippen molar-refractivity contribution in [1.82, 2.24) is 4.98 Å². The van der Waals surface area contributed by atoms with Gasteiger partial charge in [-0.25, -0.2) is 4.98 Å². The highest BCUT2D eigenvalue weighted by Crippen LogP contribution is 2.24. The van der Waals surface area contributed by atoms with Crippen LogP contribution in [0.4, 0.5) is 5.13 Å². The van der Waals surface area contributed by atoms with Crippen LogP contribution in [-0.4, -0.2) is 17.8 Å². The molecule has 3 aromatic rings. The summed E-state index contributed by atoms with van der Waals surface area (Å²) in [6, 6.07) is 16.1. The zero-order valence-electron chi connectivity index (χ0n) is 14.7. The normalized spacial score (nSPS) is 10.8. The number of nitrogens with zero attached hydrogens (tertiary/aromatic N) is 2. The van der Waals surface area contributed by atoms with Crippen molar-refractivity contribution in [1.29, 1.82) is 0 Å². The third kappa shape index (κ3) is 4.58. The van der Waals surface area contributed by atoms with Gasteiger partial charge < -0.3 is 4.74 Å². The van der Waals surface area contributed by atoms with Gasteiger partial charge in [0.1, 0.15) is 5.75 Å². The third-order valence-electron chi connectivity index (χ3n) is 3.70. The minimum absolute atomic E-state index is 0.646. The molecule has 1 heterocycles. The summed E-state index contributed by atoms with van der Waals surface area (Å²) in [7, 11) is 0. The topological polar surface area (TPSA) is 46.5 Å². The molecular formula is C21H21N3OS. The van der Waals surface area contributed by atoms with Crippen molar-refractivity contribution in [3.63, 3.8) is 0 Å². The van der Waals surface area contributed by atoms with Gasteiger partial charge in [0.05, 0.1) is 18.5 Å². The Morgan fingerprint density at radius 2 is 2.08 bits per heavy atom. The minimum Gasteiger partial charge on any atom is -0.494 e. The Balaban J connectivity index is 1.68. The van der Waals surface area contributed by atoms with Crippen LogP contribution in [0.1, 0.15) is 18.1 Å². The molecule has 1 N–H and O–H groups in total. The number of benzene rings is 2. The molecule has 5 heteroatoms. The summed E-state index contributed by atoms with van der Waals surface area (Å²) in [5.41, 5.74) is 7.15. The standard InChI is InChI=1S/C21H21N3OS/c1-3-8-18-13-16(11-12-20(18)25-4-2)14-22-24-21-23-19(15-26-21)17-9-6-5-7-10-17/h3,5-7,9-15H,1,4,8H2,2H3,(H,23,24). The lowest BCUT2D eigenvalue weighted by molar-refractivity contribution is 0.337. The summed E-state index contributed by atoms with van der Waals surface area (Å²) in [5, 5.41) is 7.08. The van der Waals surface area contributed by atoms with Crippen molar-refractivity contribution in [3.8, 4) is 17.0 Å². The van der Waals surface area contributed by atoms with Crippen LogP contribution in [-0.2, 0) is 6.42 Å². The maximum atomic E-state index is 5.65. The fourth-order valence-corrected chi connectivity index (χ4v) is 3.19. The third-order valence-corrected chi connectivity index (χ3v) is 4.44. The second-order valence-corrected chi connectivity index (χ2v) is 6.43. The number of nitrogens with one attached hydrogen (secondary N) is 1. The number of hydrazone groups is 1. The van der Waals surface area contributed by atoms with Gasteiger partial charge in [0, 0.05) is 10.9 Å². The average Bonchev–Trinajstić information content (AvgIpc) is 3.14. The molecule has 1 aromatic heterocycles. The first-order chi connectivity index (χ1) is 12.8. The van der Waals surface area contributed by atoms with Crippen LogP contribution in [0, 0.1) is 0 Å². The van der Waals surface area contributed by atoms with E-state index in [9.17, 15) is 0 Å². The highest BCUT2D eigenvalue weighted by molar-refractivity contribution is 7.14. The molecule has 0 aliphatic heterocycles. The molecule has 0 spiro atoms. The van der Waals surface area contributed by atoms with E-state index in [4.69, 9.17) is 4.74 Å². The van der Waals surface area contributed by atoms with Gasteiger partial charge in [0.15, 0.2) is 0 Å². The van der Waals surface area contributed by atoms with Gasteiger partial charge in [0.2, 0.25) is 5.13 Å². The van der Waals surface area contributed by atoms with Crippen LogP contribution in [0.25, 0.3) is 11.3 Å². The fraction of sp³-hybridized carbons (Fsp3) is 0.143. The van der Waals surface area contributed by atoms with Gasteiger partial charge in [0.25, 0.3) is 0 Å². The van der Waals surface area contributed by atoms with Gasteiger partial charge in [-0.2, -0.15) is 5.10 Å². The molecule has 0 radical (unpaired) electrons. The van der Waals surface area contributed by atoms with Crippen molar-refractivity contribution in [3.05, 3.63) is 77.7 Å². The van der Waals surface area contributed by atoms with Crippen molar-refractivity contribution >= 4 is 22.7 Å². The lowest BCUT2D eigenvalue weighted by Crippen LogP contribution is -1.98. The Bertz CT molecular complexity index is 887. The van der Waals surface area contributed by atoms with Crippen LogP contribution in [0.5, 0.6) is 5.75 Å². The second-order valence-electron chi connectivity index (χ2n) is 5.57. The predicted octanol–water partition coefficient (Wildman–Crippen LogP) is 5.38. The molecule has 3 rings (SSSR count). The monoisotopic (exact) mass is 363 g/mol. The molecule has 0 aliphatic carbocycles. The summed E-state index contributed by atoms with van der Waals surface area (Å²) in [5.74, 6) is 0.893. The predicted molar refractivity (Wildman–Crippen MR) is 110 cm³/mol. The molecule has 0 amide bonds. The first kappa shape index (κ1) is 17.9. The Hall–Kier alpha value is -2.92. The summed E-state index contributed by atoms with van der Waals surface area (Å²) >= 11 is 1.53. The Morgan fingerprint density at radius 3 is 2.85 bits per heavy atom. The highest BCUT2D eigenvalue weighted by Gasteiger charge is 2.04. The zero-order chi connectivity index (χ0) is 18.2. The highest BCUT2D eigenvalue weighted by atomic mass is 32.1. The summed E-state index contributed by atoms with van der Waals surface area (Å²) in [6.45, 7) is 6.43. The lowest BCUT2D eigenvalue weighted by Gasteiger charge is -2.09. The van der Waals surface area contributed by atoms with Crippen molar-refractivity contribution < 1.29 is 4.74 Å². The fourth-order valence-electron chi connectivity index (χ4n) is 2.52. The number of ether oxygens (including phenoxy) is 1. The molecular weight excluding hydrogens is 342 g/mol. The number of rotatable bonds is 8. The van der Waals surface area contributed by atoms with E-state index in [0.717, 1.165) is 39.7 Å². The maximum Gasteiger partial charge on any atom is 0.203 e. The molecule has 0 fully saturated rings. The maximum absolute atomic E-state index is 5.65. The molecule has 132 valence electrons. The minimum atomic E-state index is 0.646. The van der Waals surface area contributed by atoms with E-state index in [1.54, 1.807) is 6.21 Å². The van der Waals surface area contributed by atoms with Gasteiger partial charge in [-0.05, 0) is 42.7 Å². The molecule has 26 heavy (non-hydrogen) atoms. The van der Waals surface area contributed by atoms with Crippen LogP contribution in [0.15, 0.2) is 71.7 Å². The van der Waals surface area contributed by atoms with E-state index in [0.29, 0.717) is 6.61 Å². The quantitative estimate of drug-likeness (QED) is 0.332. The number of aromatic nitrogens is 1. The van der Waals surface area contributed by atoms with E-state index in [1.807, 2.05) is 60.8 Å². The van der Waals surface area contributed by atoms with E-state index in [2.05, 4.69) is 28.2 Å². The Labute approximate surface area is 157 Å². The average molecular weight is 363 g/mol. The molecule has 0 unspecified atom stereocenters. The van der Waals surface area contributed by atoms with Crippen LogP contribution < -0.4 is 10.2 Å². The molecule has 0 saturated heterocycles. The zero-order valence-corrected chi connectivity index (χ0v) is 15.5. The molecule has 0 saturated carbocycles. The molecule has 0 bridgehead atoms. The van der Waals surface area contributed by atoms with Crippen molar-refractivity contribution in [2.75, 3.05) is 12.0 Å². The first-order valence-electron chi connectivity index (χ1n) is 8.46. The number of hydrogen-bond acceptors (Lipinski definition) is 5. The van der Waals surface area contributed by atoms with Crippen molar-refractivity contribution in [2.24, 2.45) is 5.10 Å². The molecule has 0 atom stereocenters. The molecule has 0 aliphatic rings.